The Morgan fingerprint density at radius 2 is 1.76 bits per heavy atom. The lowest BCUT2D eigenvalue weighted by atomic mass is 9.96. The van der Waals surface area contributed by atoms with Crippen LogP contribution >= 0.6 is 0 Å². The molecule has 0 bridgehead atoms. The number of primary amides is 1. The van der Waals surface area contributed by atoms with Gasteiger partial charge in [-0.15, -0.1) is 0 Å². The highest BCUT2D eigenvalue weighted by Gasteiger charge is 2.34. The van der Waals surface area contributed by atoms with Gasteiger partial charge in [0, 0.05) is 18.7 Å². The molecule has 0 aromatic heterocycles. The van der Waals surface area contributed by atoms with Crippen LogP contribution in [0, 0.1) is 11.7 Å². The van der Waals surface area contributed by atoms with Gasteiger partial charge in [0.1, 0.15) is 23.3 Å². The van der Waals surface area contributed by atoms with Crippen molar-refractivity contribution in [3.63, 3.8) is 0 Å². The Labute approximate surface area is 222 Å². The van der Waals surface area contributed by atoms with Crippen molar-refractivity contribution in [3.8, 4) is 16.9 Å². The average Bonchev–Trinajstić information content (AvgIpc) is 3.37. The van der Waals surface area contributed by atoms with Gasteiger partial charge in [-0.3, -0.25) is 9.59 Å². The van der Waals surface area contributed by atoms with Crippen molar-refractivity contribution in [2.45, 2.75) is 57.8 Å². The van der Waals surface area contributed by atoms with Crippen LogP contribution in [0.2, 0.25) is 0 Å². The number of rotatable bonds is 9. The van der Waals surface area contributed by atoms with E-state index in [1.165, 1.54) is 17.0 Å². The van der Waals surface area contributed by atoms with E-state index in [1.807, 2.05) is 0 Å². The highest BCUT2D eigenvalue weighted by Crippen LogP contribution is 2.30. The maximum atomic E-state index is 15.0. The zero-order valence-electron chi connectivity index (χ0n) is 22.1. The van der Waals surface area contributed by atoms with Crippen LogP contribution in [0.4, 0.5) is 8.78 Å². The molecule has 1 unspecified atom stereocenters. The number of ether oxygens (including phenoxy) is 1. The number of hydrogen-bond donors (Lipinski definition) is 2. The molecule has 2 aliphatic heterocycles. The summed E-state index contributed by atoms with van der Waals surface area (Å²) in [5.41, 5.74) is 5.90. The first-order valence-electron chi connectivity index (χ1n) is 13.2. The molecule has 0 aliphatic carbocycles. The molecule has 2 amide bonds. The molecule has 0 saturated carbocycles. The maximum absolute atomic E-state index is 15.0. The molecule has 38 heavy (non-hydrogen) atoms. The predicted molar refractivity (Wildman–Crippen MR) is 141 cm³/mol. The van der Waals surface area contributed by atoms with E-state index in [1.54, 1.807) is 38.1 Å². The lowest BCUT2D eigenvalue weighted by molar-refractivity contribution is -0.121. The van der Waals surface area contributed by atoms with Gasteiger partial charge in [0.2, 0.25) is 5.91 Å². The van der Waals surface area contributed by atoms with Crippen LogP contribution < -0.4 is 10.5 Å². The van der Waals surface area contributed by atoms with Crippen molar-refractivity contribution >= 4 is 11.8 Å². The predicted octanol–water partition coefficient (Wildman–Crippen LogP) is 3.91. The molecule has 2 heterocycles. The standard InChI is InChI=1S/C29H37F2N3O4/c1-29(2,31)18-33-12-9-19(10-13-33)17-38-26-8-6-20(14-22(26)16-35)21-5-7-23(24(30)15-21)28(37)34-11-3-4-25(34)27(32)36/h5-8,14-15,19,25,35H,3-4,9-13,16-18H2,1-2H3,(H2,32,36). The Kier molecular flexibility index (Phi) is 8.67. The van der Waals surface area contributed by atoms with Crippen LogP contribution in [-0.4, -0.2) is 71.2 Å². The number of halogens is 2. The van der Waals surface area contributed by atoms with Gasteiger partial charge in [-0.05, 0) is 93.9 Å². The van der Waals surface area contributed by atoms with Gasteiger partial charge in [0.25, 0.3) is 5.91 Å². The summed E-state index contributed by atoms with van der Waals surface area (Å²) in [5.74, 6) is -0.894. The second kappa shape index (κ2) is 11.8. The van der Waals surface area contributed by atoms with Crippen LogP contribution in [0.1, 0.15) is 55.5 Å². The number of nitrogens with zero attached hydrogens (tertiary/aromatic N) is 2. The number of carbonyl (C=O) groups is 2. The van der Waals surface area contributed by atoms with Crippen molar-refractivity contribution in [2.24, 2.45) is 11.7 Å². The molecule has 206 valence electrons. The van der Waals surface area contributed by atoms with E-state index >= 15 is 4.39 Å². The largest absolute Gasteiger partial charge is 0.493 e. The fraction of sp³-hybridized carbons (Fsp3) is 0.517. The van der Waals surface area contributed by atoms with E-state index in [0.717, 1.165) is 25.9 Å². The molecule has 4 rings (SSSR count). The second-order valence-electron chi connectivity index (χ2n) is 11.0. The van der Waals surface area contributed by atoms with Crippen molar-refractivity contribution in [1.82, 2.24) is 9.80 Å². The van der Waals surface area contributed by atoms with Crippen molar-refractivity contribution in [1.29, 1.82) is 0 Å². The quantitative estimate of drug-likeness (QED) is 0.514. The number of likely N-dealkylation sites (tertiary alicyclic amines) is 2. The molecular weight excluding hydrogens is 492 g/mol. The van der Waals surface area contributed by atoms with E-state index < -0.39 is 29.3 Å². The first-order valence-corrected chi connectivity index (χ1v) is 13.2. The minimum atomic E-state index is -1.21. The van der Waals surface area contributed by atoms with Crippen LogP contribution in [0.15, 0.2) is 36.4 Å². The first-order chi connectivity index (χ1) is 18.1. The van der Waals surface area contributed by atoms with E-state index in [9.17, 15) is 19.1 Å². The number of benzene rings is 2. The lowest BCUT2D eigenvalue weighted by Crippen LogP contribution is -2.43. The van der Waals surface area contributed by atoms with Gasteiger partial charge in [-0.25, -0.2) is 8.78 Å². The highest BCUT2D eigenvalue weighted by molar-refractivity contribution is 5.98. The molecular formula is C29H37F2N3O4. The number of piperidine rings is 1. The topological polar surface area (TPSA) is 96.1 Å². The highest BCUT2D eigenvalue weighted by atomic mass is 19.1. The molecule has 2 fully saturated rings. The summed E-state index contributed by atoms with van der Waals surface area (Å²) in [6.45, 7) is 5.92. The molecule has 1 atom stereocenters. The number of amides is 2. The number of aliphatic hydroxyl groups excluding tert-OH is 1. The Morgan fingerprint density at radius 3 is 2.39 bits per heavy atom. The summed E-state index contributed by atoms with van der Waals surface area (Å²) in [5, 5.41) is 9.95. The van der Waals surface area contributed by atoms with Crippen LogP contribution in [0.5, 0.6) is 5.75 Å². The van der Waals surface area contributed by atoms with Gasteiger partial charge in [-0.2, -0.15) is 0 Å². The number of hydrogen-bond acceptors (Lipinski definition) is 5. The third-order valence-corrected chi connectivity index (χ3v) is 7.39. The van der Waals surface area contributed by atoms with Gasteiger partial charge in [0.05, 0.1) is 18.8 Å². The summed E-state index contributed by atoms with van der Waals surface area (Å²) in [6, 6.07) is 8.95. The molecule has 2 saturated heterocycles. The fourth-order valence-electron chi connectivity index (χ4n) is 5.40. The van der Waals surface area contributed by atoms with E-state index in [0.29, 0.717) is 60.9 Å². The van der Waals surface area contributed by atoms with Crippen LogP contribution in [0.25, 0.3) is 11.1 Å². The minimum Gasteiger partial charge on any atom is -0.493 e. The molecule has 7 nitrogen and oxygen atoms in total. The van der Waals surface area contributed by atoms with Crippen molar-refractivity contribution < 1.29 is 28.2 Å². The summed E-state index contributed by atoms with van der Waals surface area (Å²) in [4.78, 5) is 28.0. The van der Waals surface area contributed by atoms with E-state index in [4.69, 9.17) is 10.5 Å². The second-order valence-corrected chi connectivity index (χ2v) is 11.0. The number of aliphatic hydroxyl groups is 1. The van der Waals surface area contributed by atoms with Crippen LogP contribution in [0.3, 0.4) is 0 Å². The van der Waals surface area contributed by atoms with Gasteiger partial charge < -0.3 is 25.4 Å². The SMILES string of the molecule is CC(C)(F)CN1CCC(COc2ccc(-c3ccc(C(=O)N4CCCC4C(N)=O)c(F)c3)cc2CO)CC1. The third-order valence-electron chi connectivity index (χ3n) is 7.39. The lowest BCUT2D eigenvalue weighted by Gasteiger charge is -2.34. The molecule has 2 aromatic rings. The average molecular weight is 530 g/mol. The minimum absolute atomic E-state index is 0.106. The van der Waals surface area contributed by atoms with Crippen molar-refractivity contribution in [2.75, 3.05) is 32.8 Å². The van der Waals surface area contributed by atoms with Gasteiger partial charge >= 0.3 is 0 Å². The number of carbonyl (C=O) groups excluding carboxylic acids is 2. The van der Waals surface area contributed by atoms with Gasteiger partial charge in [0.15, 0.2) is 0 Å². The van der Waals surface area contributed by atoms with E-state index in [-0.39, 0.29) is 12.2 Å². The maximum Gasteiger partial charge on any atom is 0.257 e. The molecule has 3 N–H and O–H groups in total. The summed E-state index contributed by atoms with van der Waals surface area (Å²) in [6.07, 6.45) is 2.97. The summed E-state index contributed by atoms with van der Waals surface area (Å²) >= 11 is 0. The molecule has 0 radical (unpaired) electrons. The van der Waals surface area contributed by atoms with Crippen LogP contribution in [-0.2, 0) is 11.4 Å². The first kappa shape index (κ1) is 28.0. The third kappa shape index (κ3) is 6.69. The summed E-state index contributed by atoms with van der Waals surface area (Å²) in [7, 11) is 0. The molecule has 0 spiro atoms. The Hall–Kier alpha value is -3.04. The zero-order chi connectivity index (χ0) is 27.4. The molecule has 2 aromatic carbocycles. The Bertz CT molecular complexity index is 1160. The normalized spacial score (nSPS) is 19.1. The van der Waals surface area contributed by atoms with Crippen molar-refractivity contribution in [3.05, 3.63) is 53.3 Å². The van der Waals surface area contributed by atoms with E-state index in [2.05, 4.69) is 4.90 Å². The Balaban J connectivity index is 1.40. The molecule has 9 heteroatoms. The zero-order valence-corrected chi connectivity index (χ0v) is 22.1. The smallest absolute Gasteiger partial charge is 0.257 e. The summed E-state index contributed by atoms with van der Waals surface area (Å²) < 4.78 is 35.0. The number of alkyl halides is 1. The number of nitrogens with two attached hydrogens (primary N) is 1. The Morgan fingerprint density at radius 1 is 1.08 bits per heavy atom. The van der Waals surface area contributed by atoms with Gasteiger partial charge in [-0.1, -0.05) is 12.1 Å². The fourth-order valence-corrected chi connectivity index (χ4v) is 5.40. The molecule has 2 aliphatic rings. The monoisotopic (exact) mass is 529 g/mol.